The number of aromatic nitrogens is 3. The largest absolute Gasteiger partial charge is 0.314 e. The second-order valence-corrected chi connectivity index (χ2v) is 6.12. The van der Waals surface area contributed by atoms with Crippen molar-refractivity contribution in [3.05, 3.63) is 12.2 Å². The van der Waals surface area contributed by atoms with Crippen LogP contribution >= 0.6 is 0 Å². The van der Waals surface area contributed by atoms with Crippen molar-refractivity contribution in [3.8, 4) is 0 Å². The fourth-order valence-electron chi connectivity index (χ4n) is 3.81. The van der Waals surface area contributed by atoms with Crippen LogP contribution in [0.5, 0.6) is 0 Å². The summed E-state index contributed by atoms with van der Waals surface area (Å²) in [6, 6.07) is 0.735. The summed E-state index contributed by atoms with van der Waals surface area (Å²) in [5, 5.41) is 10.5. The molecule has 2 fully saturated rings. The molecule has 4 nitrogen and oxygen atoms in total. The molecule has 0 aromatic carbocycles. The van der Waals surface area contributed by atoms with Gasteiger partial charge in [-0.15, -0.1) is 0 Å². The Morgan fingerprint density at radius 3 is 2.67 bits per heavy atom. The van der Waals surface area contributed by atoms with E-state index in [9.17, 15) is 0 Å². The van der Waals surface area contributed by atoms with Crippen LogP contribution in [0.3, 0.4) is 0 Å². The lowest BCUT2D eigenvalue weighted by Crippen LogP contribution is -2.37. The van der Waals surface area contributed by atoms with Crippen molar-refractivity contribution in [1.82, 2.24) is 20.5 Å². The summed E-state index contributed by atoms with van der Waals surface area (Å²) >= 11 is 0. The standard InChI is InChI=1S/C14H24N4/c1-2-7-14(6-1)8-3-12(4-9-14)15-10-5-13-16-11-17-18-13/h11-12,15H,1-10H2,(H,16,17,18). The van der Waals surface area contributed by atoms with Crippen LogP contribution in [0.2, 0.25) is 0 Å². The summed E-state index contributed by atoms with van der Waals surface area (Å²) in [6.45, 7) is 1.02. The Morgan fingerprint density at radius 1 is 1.22 bits per heavy atom. The maximum atomic E-state index is 4.15. The van der Waals surface area contributed by atoms with Gasteiger partial charge in [-0.25, -0.2) is 4.98 Å². The van der Waals surface area contributed by atoms with Crippen LogP contribution in [0.25, 0.3) is 0 Å². The molecular weight excluding hydrogens is 224 g/mol. The second kappa shape index (κ2) is 5.39. The monoisotopic (exact) mass is 248 g/mol. The highest BCUT2D eigenvalue weighted by Gasteiger charge is 2.37. The first kappa shape index (κ1) is 12.2. The van der Waals surface area contributed by atoms with Gasteiger partial charge >= 0.3 is 0 Å². The third kappa shape index (κ3) is 2.74. The topological polar surface area (TPSA) is 53.6 Å². The molecule has 0 unspecified atom stereocenters. The van der Waals surface area contributed by atoms with E-state index in [0.717, 1.165) is 30.2 Å². The first-order valence-electron chi connectivity index (χ1n) is 7.44. The number of rotatable bonds is 4. The molecule has 3 rings (SSSR count). The zero-order chi connectivity index (χ0) is 12.3. The Balaban J connectivity index is 1.38. The number of aromatic amines is 1. The molecule has 0 atom stereocenters. The van der Waals surface area contributed by atoms with Crippen molar-refractivity contribution in [2.75, 3.05) is 6.54 Å². The summed E-state index contributed by atoms with van der Waals surface area (Å²) in [5.74, 6) is 0.991. The van der Waals surface area contributed by atoms with Gasteiger partial charge in [-0.1, -0.05) is 12.8 Å². The first-order chi connectivity index (χ1) is 8.86. The molecule has 0 bridgehead atoms. The van der Waals surface area contributed by atoms with Crippen LogP contribution in [-0.2, 0) is 6.42 Å². The average Bonchev–Trinajstić information content (AvgIpc) is 3.04. The fraction of sp³-hybridized carbons (Fsp3) is 0.857. The normalized spacial score (nSPS) is 23.8. The van der Waals surface area contributed by atoms with E-state index in [-0.39, 0.29) is 0 Å². The van der Waals surface area contributed by atoms with Gasteiger partial charge in [0.2, 0.25) is 0 Å². The fourth-order valence-corrected chi connectivity index (χ4v) is 3.81. The van der Waals surface area contributed by atoms with Gasteiger partial charge < -0.3 is 5.32 Å². The molecule has 1 aromatic rings. The lowest BCUT2D eigenvalue weighted by Gasteiger charge is -2.37. The SMILES string of the molecule is c1n[nH]c(CCNC2CCC3(CCCC3)CC2)n1. The highest BCUT2D eigenvalue weighted by Crippen LogP contribution is 2.48. The summed E-state index contributed by atoms with van der Waals surface area (Å²) in [5.41, 5.74) is 0.753. The Morgan fingerprint density at radius 2 is 2.00 bits per heavy atom. The Hall–Kier alpha value is -0.900. The molecule has 1 aromatic heterocycles. The molecule has 0 saturated heterocycles. The van der Waals surface area contributed by atoms with E-state index in [2.05, 4.69) is 20.5 Å². The van der Waals surface area contributed by atoms with Crippen LogP contribution < -0.4 is 5.32 Å². The predicted molar refractivity (Wildman–Crippen MR) is 71.2 cm³/mol. The van der Waals surface area contributed by atoms with E-state index in [1.165, 1.54) is 51.4 Å². The molecule has 1 heterocycles. The number of nitrogens with zero attached hydrogens (tertiary/aromatic N) is 2. The van der Waals surface area contributed by atoms with Gasteiger partial charge in [0.15, 0.2) is 0 Å². The van der Waals surface area contributed by atoms with E-state index in [0.29, 0.717) is 0 Å². The highest BCUT2D eigenvalue weighted by atomic mass is 15.2. The van der Waals surface area contributed by atoms with Gasteiger partial charge in [-0.2, -0.15) is 5.10 Å². The Bertz CT molecular complexity index is 344. The highest BCUT2D eigenvalue weighted by molar-refractivity contribution is 4.91. The van der Waals surface area contributed by atoms with E-state index in [4.69, 9.17) is 0 Å². The molecule has 2 aliphatic rings. The zero-order valence-electron chi connectivity index (χ0n) is 11.1. The van der Waals surface area contributed by atoms with Crippen molar-refractivity contribution in [2.45, 2.75) is 63.8 Å². The van der Waals surface area contributed by atoms with Gasteiger partial charge in [-0.3, -0.25) is 5.10 Å². The van der Waals surface area contributed by atoms with E-state index in [1.54, 1.807) is 6.33 Å². The van der Waals surface area contributed by atoms with E-state index < -0.39 is 0 Å². The number of H-pyrrole nitrogens is 1. The lowest BCUT2D eigenvalue weighted by molar-refractivity contribution is 0.169. The Kier molecular flexibility index (Phi) is 3.64. The van der Waals surface area contributed by atoms with Crippen LogP contribution in [0.15, 0.2) is 6.33 Å². The number of hydrogen-bond donors (Lipinski definition) is 2. The smallest absolute Gasteiger partial charge is 0.137 e. The summed E-state index contributed by atoms with van der Waals surface area (Å²) in [6.07, 6.45) is 14.1. The van der Waals surface area contributed by atoms with Gasteiger partial charge in [0, 0.05) is 19.0 Å². The van der Waals surface area contributed by atoms with Crippen molar-refractivity contribution in [2.24, 2.45) is 5.41 Å². The number of hydrogen-bond acceptors (Lipinski definition) is 3. The van der Waals surface area contributed by atoms with E-state index in [1.807, 2.05) is 0 Å². The molecule has 2 aliphatic carbocycles. The molecule has 100 valence electrons. The van der Waals surface area contributed by atoms with Crippen molar-refractivity contribution in [3.63, 3.8) is 0 Å². The van der Waals surface area contributed by atoms with Gasteiger partial charge in [0.25, 0.3) is 0 Å². The maximum Gasteiger partial charge on any atom is 0.137 e. The minimum atomic E-state index is 0.735. The van der Waals surface area contributed by atoms with Crippen LogP contribution in [-0.4, -0.2) is 27.8 Å². The van der Waals surface area contributed by atoms with Crippen molar-refractivity contribution in [1.29, 1.82) is 0 Å². The first-order valence-corrected chi connectivity index (χ1v) is 7.44. The summed E-state index contributed by atoms with van der Waals surface area (Å²) < 4.78 is 0. The molecule has 0 aliphatic heterocycles. The van der Waals surface area contributed by atoms with Crippen LogP contribution in [0.4, 0.5) is 0 Å². The molecule has 4 heteroatoms. The van der Waals surface area contributed by atoms with Crippen molar-refractivity contribution < 1.29 is 0 Å². The minimum Gasteiger partial charge on any atom is -0.314 e. The molecule has 1 spiro atoms. The quantitative estimate of drug-likeness (QED) is 0.860. The number of nitrogens with one attached hydrogen (secondary N) is 2. The average molecular weight is 248 g/mol. The summed E-state index contributed by atoms with van der Waals surface area (Å²) in [4.78, 5) is 4.15. The third-order valence-corrected chi connectivity index (χ3v) is 4.97. The lowest BCUT2D eigenvalue weighted by atomic mass is 9.71. The second-order valence-electron chi connectivity index (χ2n) is 6.12. The van der Waals surface area contributed by atoms with Crippen molar-refractivity contribution >= 4 is 0 Å². The summed E-state index contributed by atoms with van der Waals surface area (Å²) in [7, 11) is 0. The zero-order valence-corrected chi connectivity index (χ0v) is 11.1. The molecule has 2 saturated carbocycles. The molecule has 2 N–H and O–H groups in total. The van der Waals surface area contributed by atoms with Gasteiger partial charge in [-0.05, 0) is 43.9 Å². The molecule has 18 heavy (non-hydrogen) atoms. The molecule has 0 amide bonds. The third-order valence-electron chi connectivity index (χ3n) is 4.97. The van der Waals surface area contributed by atoms with Gasteiger partial charge in [0.1, 0.15) is 12.2 Å². The van der Waals surface area contributed by atoms with Gasteiger partial charge in [0.05, 0.1) is 0 Å². The van der Waals surface area contributed by atoms with E-state index >= 15 is 0 Å². The maximum absolute atomic E-state index is 4.15. The predicted octanol–water partition coefficient (Wildman–Crippen LogP) is 2.44. The minimum absolute atomic E-state index is 0.735. The molecule has 0 radical (unpaired) electrons. The Labute approximate surface area is 109 Å². The van der Waals surface area contributed by atoms with Crippen LogP contribution in [0.1, 0.15) is 57.2 Å². The molecular formula is C14H24N4. The van der Waals surface area contributed by atoms with Crippen LogP contribution in [0, 0.1) is 5.41 Å².